The van der Waals surface area contributed by atoms with E-state index in [0.717, 1.165) is 54.6 Å². The van der Waals surface area contributed by atoms with E-state index in [1.54, 1.807) is 7.11 Å². The molecule has 5 atom stereocenters. The van der Waals surface area contributed by atoms with Gasteiger partial charge in [0.1, 0.15) is 11.9 Å². The molecule has 1 aromatic heterocycles. The molecule has 1 aromatic carbocycles. The molecule has 5 nitrogen and oxygen atoms in total. The number of rotatable bonds is 6. The number of aromatic nitrogens is 1. The number of pyridine rings is 1. The van der Waals surface area contributed by atoms with Crippen molar-refractivity contribution in [1.82, 2.24) is 9.88 Å². The average molecular weight is 392 g/mol. The van der Waals surface area contributed by atoms with Gasteiger partial charge in [-0.05, 0) is 68.3 Å². The van der Waals surface area contributed by atoms with Gasteiger partial charge in [-0.3, -0.25) is 14.7 Å². The molecular weight excluding hydrogens is 364 g/mol. The standard InChI is InChI=1S/C24H28N2O3/c1-3-15-14-26-11-9-17(15)12-22(26)23(29-24(27)16-4-5-16)19-8-10-25-21-7-6-18(28-2)13-20(19)21/h3,6-8,10,13,15-17,22-23H,1,4-5,9,11-12,14H2,2H3/t15-,17-,22-,23-/m0/s1. The van der Waals surface area contributed by atoms with Crippen molar-refractivity contribution in [1.29, 1.82) is 0 Å². The monoisotopic (exact) mass is 392 g/mol. The summed E-state index contributed by atoms with van der Waals surface area (Å²) >= 11 is 0. The highest BCUT2D eigenvalue weighted by atomic mass is 16.5. The highest BCUT2D eigenvalue weighted by Gasteiger charge is 2.45. The van der Waals surface area contributed by atoms with Crippen molar-refractivity contribution in [2.24, 2.45) is 17.8 Å². The number of carbonyl (C=O) groups is 1. The average Bonchev–Trinajstić information content (AvgIpc) is 3.62. The second kappa shape index (κ2) is 7.45. The first-order valence-electron chi connectivity index (χ1n) is 10.7. The van der Waals surface area contributed by atoms with E-state index in [1.807, 2.05) is 30.5 Å². The number of benzene rings is 1. The molecule has 0 amide bonds. The number of methoxy groups -OCH3 is 1. The molecule has 29 heavy (non-hydrogen) atoms. The maximum absolute atomic E-state index is 12.7. The third-order valence-corrected chi connectivity index (χ3v) is 6.95. The number of esters is 1. The van der Waals surface area contributed by atoms with Gasteiger partial charge in [0.2, 0.25) is 0 Å². The summed E-state index contributed by atoms with van der Waals surface area (Å²) in [4.78, 5) is 19.7. The summed E-state index contributed by atoms with van der Waals surface area (Å²) in [5, 5.41) is 1.00. The van der Waals surface area contributed by atoms with Gasteiger partial charge in [-0.2, -0.15) is 0 Å². The van der Waals surface area contributed by atoms with E-state index in [0.29, 0.717) is 11.8 Å². The van der Waals surface area contributed by atoms with Crippen LogP contribution in [0.3, 0.4) is 0 Å². The molecule has 0 radical (unpaired) electrons. The number of hydrogen-bond donors (Lipinski definition) is 0. The van der Waals surface area contributed by atoms with Crippen LogP contribution < -0.4 is 4.74 Å². The predicted octanol–water partition coefficient (Wildman–Crippen LogP) is 4.13. The molecule has 6 rings (SSSR count). The largest absolute Gasteiger partial charge is 0.497 e. The summed E-state index contributed by atoms with van der Waals surface area (Å²) in [6.45, 7) is 6.10. The Kier molecular flexibility index (Phi) is 4.78. The first-order valence-corrected chi connectivity index (χ1v) is 10.7. The Bertz CT molecular complexity index is 939. The van der Waals surface area contributed by atoms with Crippen molar-refractivity contribution in [3.05, 3.63) is 48.7 Å². The van der Waals surface area contributed by atoms with E-state index >= 15 is 0 Å². The van der Waals surface area contributed by atoms with Crippen LogP contribution in [-0.2, 0) is 9.53 Å². The molecule has 0 N–H and O–H groups in total. The lowest BCUT2D eigenvalue weighted by Crippen LogP contribution is -2.55. The number of piperidine rings is 3. The third kappa shape index (κ3) is 3.42. The molecule has 4 aliphatic rings. The van der Waals surface area contributed by atoms with E-state index in [2.05, 4.69) is 22.5 Å². The fourth-order valence-electron chi connectivity index (χ4n) is 5.10. The van der Waals surface area contributed by atoms with Gasteiger partial charge in [-0.25, -0.2) is 0 Å². The molecule has 1 unspecified atom stereocenters. The second-order valence-electron chi connectivity index (χ2n) is 8.66. The van der Waals surface area contributed by atoms with Crippen LogP contribution in [0.25, 0.3) is 10.9 Å². The second-order valence-corrected chi connectivity index (χ2v) is 8.66. The minimum absolute atomic E-state index is 0.0502. The van der Waals surface area contributed by atoms with Crippen LogP contribution in [0.2, 0.25) is 0 Å². The Labute approximate surface area is 171 Å². The van der Waals surface area contributed by atoms with Crippen LogP contribution in [0.5, 0.6) is 5.75 Å². The molecule has 2 bridgehead atoms. The molecule has 4 fully saturated rings. The van der Waals surface area contributed by atoms with E-state index < -0.39 is 0 Å². The molecular formula is C24H28N2O3. The van der Waals surface area contributed by atoms with Crippen molar-refractivity contribution < 1.29 is 14.3 Å². The Hall–Kier alpha value is -2.40. The maximum Gasteiger partial charge on any atom is 0.309 e. The van der Waals surface area contributed by atoms with Gasteiger partial charge in [-0.15, -0.1) is 6.58 Å². The molecule has 152 valence electrons. The molecule has 1 aliphatic carbocycles. The third-order valence-electron chi connectivity index (χ3n) is 6.95. The van der Waals surface area contributed by atoms with Crippen molar-refractivity contribution in [3.63, 3.8) is 0 Å². The zero-order valence-corrected chi connectivity index (χ0v) is 16.9. The Morgan fingerprint density at radius 3 is 2.86 bits per heavy atom. The predicted molar refractivity (Wildman–Crippen MR) is 112 cm³/mol. The Balaban J connectivity index is 1.55. The van der Waals surface area contributed by atoms with Crippen molar-refractivity contribution in [2.45, 2.75) is 37.8 Å². The first-order chi connectivity index (χ1) is 14.2. The van der Waals surface area contributed by atoms with E-state index in [4.69, 9.17) is 9.47 Å². The van der Waals surface area contributed by atoms with Gasteiger partial charge in [0.15, 0.2) is 0 Å². The number of nitrogens with zero attached hydrogens (tertiary/aromatic N) is 2. The van der Waals surface area contributed by atoms with Crippen molar-refractivity contribution in [3.8, 4) is 5.75 Å². The van der Waals surface area contributed by atoms with Crippen LogP contribution in [0.4, 0.5) is 0 Å². The Morgan fingerprint density at radius 1 is 1.31 bits per heavy atom. The number of carbonyl (C=O) groups excluding carboxylic acids is 1. The summed E-state index contributed by atoms with van der Waals surface area (Å²) < 4.78 is 11.7. The maximum atomic E-state index is 12.7. The van der Waals surface area contributed by atoms with Crippen LogP contribution in [0.1, 0.15) is 37.4 Å². The highest BCUT2D eigenvalue weighted by molar-refractivity contribution is 5.84. The highest BCUT2D eigenvalue weighted by Crippen LogP contribution is 2.44. The summed E-state index contributed by atoms with van der Waals surface area (Å²) in [7, 11) is 1.67. The zero-order chi connectivity index (χ0) is 20.0. The molecule has 3 saturated heterocycles. The van der Waals surface area contributed by atoms with Gasteiger partial charge in [0, 0.05) is 23.7 Å². The van der Waals surface area contributed by atoms with Gasteiger partial charge >= 0.3 is 5.97 Å². The lowest BCUT2D eigenvalue weighted by atomic mass is 9.73. The van der Waals surface area contributed by atoms with Crippen LogP contribution in [0.15, 0.2) is 43.1 Å². The molecule has 4 heterocycles. The number of hydrogen-bond acceptors (Lipinski definition) is 5. The van der Waals surface area contributed by atoms with Crippen molar-refractivity contribution >= 4 is 16.9 Å². The lowest BCUT2D eigenvalue weighted by Gasteiger charge is -2.51. The van der Waals surface area contributed by atoms with Crippen LogP contribution >= 0.6 is 0 Å². The molecule has 1 saturated carbocycles. The van der Waals surface area contributed by atoms with E-state index in [-0.39, 0.29) is 24.0 Å². The number of fused-ring (bicyclic) bond motifs is 4. The van der Waals surface area contributed by atoms with E-state index in [1.165, 1.54) is 6.42 Å². The van der Waals surface area contributed by atoms with Crippen LogP contribution in [-0.4, -0.2) is 42.1 Å². The van der Waals surface area contributed by atoms with Gasteiger partial charge in [0.05, 0.1) is 24.6 Å². The summed E-state index contributed by atoms with van der Waals surface area (Å²) in [6.07, 6.45) is 7.77. The summed E-state index contributed by atoms with van der Waals surface area (Å²) in [5.74, 6) is 1.97. The molecule has 2 aromatic rings. The fourth-order valence-corrected chi connectivity index (χ4v) is 5.10. The number of ether oxygens (including phenoxy) is 2. The molecule has 0 spiro atoms. The van der Waals surface area contributed by atoms with Crippen molar-refractivity contribution in [2.75, 3.05) is 20.2 Å². The van der Waals surface area contributed by atoms with Gasteiger partial charge in [-0.1, -0.05) is 6.08 Å². The smallest absolute Gasteiger partial charge is 0.309 e. The SMILES string of the molecule is C=C[C@H]1CN2CC[C@H]1C[C@H]2[C@@H](OC(=O)C1CC1)c1ccnc2ccc(OC)cc12. The minimum Gasteiger partial charge on any atom is -0.497 e. The van der Waals surface area contributed by atoms with Gasteiger partial charge < -0.3 is 9.47 Å². The topological polar surface area (TPSA) is 51.7 Å². The molecule has 3 aliphatic heterocycles. The molecule has 5 heteroatoms. The Morgan fingerprint density at radius 2 is 2.17 bits per heavy atom. The normalized spacial score (nSPS) is 29.4. The zero-order valence-electron chi connectivity index (χ0n) is 16.9. The van der Waals surface area contributed by atoms with Gasteiger partial charge in [0.25, 0.3) is 0 Å². The quantitative estimate of drug-likeness (QED) is 0.546. The fraction of sp³-hybridized carbons (Fsp3) is 0.500. The lowest BCUT2D eigenvalue weighted by molar-refractivity contribution is -0.158. The first kappa shape index (κ1) is 18.6. The minimum atomic E-state index is -0.283. The summed E-state index contributed by atoms with van der Waals surface area (Å²) in [6, 6.07) is 8.12. The summed E-state index contributed by atoms with van der Waals surface area (Å²) in [5.41, 5.74) is 1.94. The van der Waals surface area contributed by atoms with E-state index in [9.17, 15) is 4.79 Å². The van der Waals surface area contributed by atoms with Crippen LogP contribution in [0, 0.1) is 17.8 Å².